The number of rotatable bonds is 8. The predicted molar refractivity (Wildman–Crippen MR) is 111 cm³/mol. The Bertz CT molecular complexity index is 883. The fraction of sp³-hybridized carbons (Fsp3) is 0.318. The Balaban J connectivity index is 2.09. The van der Waals surface area contributed by atoms with Gasteiger partial charge in [-0.15, -0.1) is 0 Å². The Morgan fingerprint density at radius 1 is 1.21 bits per heavy atom. The lowest BCUT2D eigenvalue weighted by Crippen LogP contribution is -2.28. The molecule has 0 unspecified atom stereocenters. The predicted octanol–water partition coefficient (Wildman–Crippen LogP) is 3.96. The summed E-state index contributed by atoms with van der Waals surface area (Å²) in [5.41, 5.74) is 2.44. The lowest BCUT2D eigenvalue weighted by Gasteiger charge is -2.19. The minimum absolute atomic E-state index is 0.0628. The Morgan fingerprint density at radius 2 is 1.97 bits per heavy atom. The van der Waals surface area contributed by atoms with Crippen molar-refractivity contribution in [1.29, 1.82) is 0 Å². The molecule has 7 nitrogen and oxygen atoms in total. The van der Waals surface area contributed by atoms with Gasteiger partial charge in [0, 0.05) is 17.4 Å². The van der Waals surface area contributed by atoms with E-state index in [9.17, 15) is 9.59 Å². The van der Waals surface area contributed by atoms with Crippen molar-refractivity contribution < 1.29 is 24.2 Å². The highest BCUT2D eigenvalue weighted by molar-refractivity contribution is 5.89. The summed E-state index contributed by atoms with van der Waals surface area (Å²) in [4.78, 5) is 27.4. The van der Waals surface area contributed by atoms with E-state index in [2.05, 4.69) is 10.3 Å². The molecule has 1 aromatic heterocycles. The maximum Gasteiger partial charge on any atom is 0.371 e. The Kier molecular flexibility index (Phi) is 7.36. The lowest BCUT2D eigenvalue weighted by atomic mass is 10.1. The van der Waals surface area contributed by atoms with E-state index in [1.165, 1.54) is 6.08 Å². The summed E-state index contributed by atoms with van der Waals surface area (Å²) in [6.07, 6.45) is 3.01. The fourth-order valence-electron chi connectivity index (χ4n) is 2.47. The smallest absolute Gasteiger partial charge is 0.371 e. The number of hydrogen-bond donors (Lipinski definition) is 2. The molecule has 154 valence electrons. The monoisotopic (exact) mass is 398 g/mol. The number of esters is 1. The summed E-state index contributed by atoms with van der Waals surface area (Å²) in [7, 11) is 0. The number of pyridine rings is 1. The molecular weight excluding hydrogens is 372 g/mol. The van der Waals surface area contributed by atoms with Crippen molar-refractivity contribution in [2.45, 2.75) is 33.3 Å². The number of nitrogens with one attached hydrogen (secondary N) is 1. The zero-order chi connectivity index (χ0) is 21.4. The molecule has 0 bridgehead atoms. The van der Waals surface area contributed by atoms with Gasteiger partial charge in [-0.05, 0) is 57.5 Å². The van der Waals surface area contributed by atoms with Gasteiger partial charge in [-0.2, -0.15) is 0 Å². The van der Waals surface area contributed by atoms with Crippen LogP contribution in [0.25, 0.3) is 17.3 Å². The second-order valence-electron chi connectivity index (χ2n) is 7.24. The molecule has 0 aliphatic rings. The van der Waals surface area contributed by atoms with Crippen LogP contribution in [-0.2, 0) is 19.1 Å². The maximum absolute atomic E-state index is 11.9. The summed E-state index contributed by atoms with van der Waals surface area (Å²) < 4.78 is 10.4. The molecule has 0 saturated carbocycles. The van der Waals surface area contributed by atoms with Crippen LogP contribution in [0.2, 0.25) is 0 Å². The van der Waals surface area contributed by atoms with Gasteiger partial charge in [0.25, 0.3) is 0 Å². The molecule has 1 aromatic carbocycles. The number of anilines is 1. The molecule has 7 heteroatoms. The fourth-order valence-corrected chi connectivity index (χ4v) is 2.47. The summed E-state index contributed by atoms with van der Waals surface area (Å²) in [6.45, 7) is 7.53. The second-order valence-corrected chi connectivity index (χ2v) is 7.24. The van der Waals surface area contributed by atoms with Gasteiger partial charge in [-0.25, -0.2) is 4.79 Å². The highest BCUT2D eigenvalue weighted by atomic mass is 16.6. The molecule has 0 spiro atoms. The van der Waals surface area contributed by atoms with Crippen molar-refractivity contribution in [3.63, 3.8) is 0 Å². The van der Waals surface area contributed by atoms with E-state index in [1.807, 2.05) is 45.0 Å². The van der Waals surface area contributed by atoms with Crippen LogP contribution in [0.15, 0.2) is 48.4 Å². The Morgan fingerprint density at radius 3 is 2.55 bits per heavy atom. The Labute approximate surface area is 170 Å². The number of carbonyl (C=O) groups excluding carboxylic acids is 1. The summed E-state index contributed by atoms with van der Waals surface area (Å²) in [6, 6.07) is 11.1. The van der Waals surface area contributed by atoms with Crippen molar-refractivity contribution in [1.82, 2.24) is 4.98 Å². The third kappa shape index (κ3) is 7.29. The van der Waals surface area contributed by atoms with E-state index in [0.29, 0.717) is 5.56 Å². The lowest BCUT2D eigenvalue weighted by molar-refractivity contribution is -0.152. The van der Waals surface area contributed by atoms with E-state index in [1.54, 1.807) is 25.3 Å². The summed E-state index contributed by atoms with van der Waals surface area (Å²) in [5, 5.41) is 12.2. The van der Waals surface area contributed by atoms with E-state index < -0.39 is 11.6 Å². The van der Waals surface area contributed by atoms with Crippen LogP contribution in [0.3, 0.4) is 0 Å². The quantitative estimate of drug-likeness (QED) is 0.394. The van der Waals surface area contributed by atoms with Crippen LogP contribution in [0.5, 0.6) is 0 Å². The van der Waals surface area contributed by atoms with Crippen LogP contribution >= 0.6 is 0 Å². The SMILES string of the molecule is CCO/C(=C\c1ccc(-c2cccc(NCC(=O)OC(C)(C)C)c2)nc1)C(=O)O. The van der Waals surface area contributed by atoms with Crippen molar-refractivity contribution in [3.05, 3.63) is 53.9 Å². The van der Waals surface area contributed by atoms with Crippen molar-refractivity contribution in [3.8, 4) is 11.3 Å². The number of aromatic nitrogens is 1. The summed E-state index contributed by atoms with van der Waals surface area (Å²) in [5.74, 6) is -1.59. The molecule has 0 fully saturated rings. The third-order valence-electron chi connectivity index (χ3n) is 3.61. The molecule has 0 radical (unpaired) electrons. The van der Waals surface area contributed by atoms with Gasteiger partial charge < -0.3 is 19.9 Å². The molecule has 0 aliphatic heterocycles. The number of aliphatic carboxylic acids is 1. The standard InChI is InChI=1S/C22H26N2O5/c1-5-28-19(21(26)27)11-15-9-10-18(24-13-15)16-7-6-8-17(12-16)23-14-20(25)29-22(2,3)4/h6-13,23H,5,14H2,1-4H3,(H,26,27)/b19-11-. The molecular formula is C22H26N2O5. The first kappa shape index (κ1) is 21.9. The van der Waals surface area contributed by atoms with Gasteiger partial charge in [0.15, 0.2) is 0 Å². The summed E-state index contributed by atoms with van der Waals surface area (Å²) >= 11 is 0. The molecule has 1 heterocycles. The van der Waals surface area contributed by atoms with E-state index in [4.69, 9.17) is 14.6 Å². The van der Waals surface area contributed by atoms with Crippen molar-refractivity contribution in [2.75, 3.05) is 18.5 Å². The molecule has 2 aromatic rings. The Hall–Kier alpha value is -3.35. The first-order valence-corrected chi connectivity index (χ1v) is 9.28. The minimum atomic E-state index is -1.13. The van der Waals surface area contributed by atoms with Crippen LogP contribution in [-0.4, -0.2) is 40.8 Å². The van der Waals surface area contributed by atoms with Gasteiger partial charge in [-0.3, -0.25) is 9.78 Å². The van der Waals surface area contributed by atoms with Gasteiger partial charge >= 0.3 is 11.9 Å². The number of carboxylic acids is 1. The van der Waals surface area contributed by atoms with Crippen molar-refractivity contribution >= 4 is 23.7 Å². The number of carbonyl (C=O) groups is 2. The number of hydrogen-bond acceptors (Lipinski definition) is 6. The number of carboxylic acid groups (broad SMARTS) is 1. The first-order valence-electron chi connectivity index (χ1n) is 9.28. The van der Waals surface area contributed by atoms with Crippen LogP contribution in [0.1, 0.15) is 33.3 Å². The zero-order valence-corrected chi connectivity index (χ0v) is 17.1. The highest BCUT2D eigenvalue weighted by Gasteiger charge is 2.15. The normalized spacial score (nSPS) is 11.7. The largest absolute Gasteiger partial charge is 0.487 e. The molecule has 0 amide bonds. The van der Waals surface area contributed by atoms with Crippen molar-refractivity contribution in [2.24, 2.45) is 0 Å². The zero-order valence-electron chi connectivity index (χ0n) is 17.1. The molecule has 2 rings (SSSR count). The number of benzene rings is 1. The average Bonchev–Trinajstić information content (AvgIpc) is 2.65. The van der Waals surface area contributed by atoms with E-state index in [-0.39, 0.29) is 24.9 Å². The molecule has 0 saturated heterocycles. The molecule has 0 atom stereocenters. The highest BCUT2D eigenvalue weighted by Crippen LogP contribution is 2.22. The van der Waals surface area contributed by atoms with Gasteiger partial charge in [0.05, 0.1) is 12.3 Å². The average molecular weight is 398 g/mol. The van der Waals surface area contributed by atoms with Crippen LogP contribution in [0, 0.1) is 0 Å². The molecule has 2 N–H and O–H groups in total. The van der Waals surface area contributed by atoms with Gasteiger partial charge in [0.1, 0.15) is 12.1 Å². The van der Waals surface area contributed by atoms with Gasteiger partial charge in [0.2, 0.25) is 5.76 Å². The maximum atomic E-state index is 11.9. The van der Waals surface area contributed by atoms with Crippen LogP contribution < -0.4 is 5.32 Å². The second kappa shape index (κ2) is 9.73. The van der Waals surface area contributed by atoms with Crippen LogP contribution in [0.4, 0.5) is 5.69 Å². The number of nitrogens with zero attached hydrogens (tertiary/aromatic N) is 1. The molecule has 29 heavy (non-hydrogen) atoms. The minimum Gasteiger partial charge on any atom is -0.487 e. The first-order chi connectivity index (χ1) is 13.7. The van der Waals surface area contributed by atoms with E-state index in [0.717, 1.165) is 16.9 Å². The van der Waals surface area contributed by atoms with E-state index >= 15 is 0 Å². The number of ether oxygens (including phenoxy) is 2. The third-order valence-corrected chi connectivity index (χ3v) is 3.61. The molecule has 0 aliphatic carbocycles. The van der Waals surface area contributed by atoms with Gasteiger partial charge in [-0.1, -0.05) is 18.2 Å². The topological polar surface area (TPSA) is 97.8 Å².